The highest BCUT2D eigenvalue weighted by Gasteiger charge is 2.61. The number of morpholine rings is 1. The van der Waals surface area contributed by atoms with Gasteiger partial charge in [-0.25, -0.2) is 4.39 Å². The molecule has 5 rings (SSSR count). The first-order valence-electron chi connectivity index (χ1n) is 9.10. The zero-order valence-electron chi connectivity index (χ0n) is 13.7. The average molecular weight is 330 g/mol. The van der Waals surface area contributed by atoms with Crippen molar-refractivity contribution < 1.29 is 13.9 Å². The van der Waals surface area contributed by atoms with Crippen LogP contribution in [0.4, 0.5) is 4.39 Å². The van der Waals surface area contributed by atoms with Crippen LogP contribution < -0.4 is 0 Å². The lowest BCUT2D eigenvalue weighted by Crippen LogP contribution is -2.66. The van der Waals surface area contributed by atoms with Crippen molar-refractivity contribution in [1.29, 1.82) is 0 Å². The van der Waals surface area contributed by atoms with E-state index >= 15 is 0 Å². The number of fused-ring (bicyclic) bond motifs is 5. The van der Waals surface area contributed by atoms with Crippen molar-refractivity contribution in [2.75, 3.05) is 26.4 Å². The van der Waals surface area contributed by atoms with E-state index in [1.807, 2.05) is 0 Å². The molecule has 0 aromatic heterocycles. The SMILES string of the molecule is O=C1C2C3CCC(C3)C2N1CN1CCOC(c2ccc(F)cc2)C1. The molecule has 2 heterocycles. The standard InChI is InChI=1S/C19H23FN2O2/c20-15-5-3-12(4-6-15)16-10-21(7-8-24-16)11-22-18-14-2-1-13(9-14)17(18)19(22)23/h3-6,13-14,16-18H,1-2,7-11H2. The maximum Gasteiger partial charge on any atom is 0.229 e. The Kier molecular flexibility index (Phi) is 3.42. The molecule has 2 aliphatic heterocycles. The van der Waals surface area contributed by atoms with E-state index in [1.165, 1.54) is 31.4 Å². The number of rotatable bonds is 3. The fourth-order valence-electron chi connectivity index (χ4n) is 5.40. The summed E-state index contributed by atoms with van der Waals surface area (Å²) in [5.74, 6) is 1.89. The van der Waals surface area contributed by atoms with Crippen LogP contribution in [-0.4, -0.2) is 48.1 Å². The Bertz CT molecular complexity index is 649. The van der Waals surface area contributed by atoms with E-state index in [9.17, 15) is 9.18 Å². The van der Waals surface area contributed by atoms with Gasteiger partial charge >= 0.3 is 0 Å². The van der Waals surface area contributed by atoms with Crippen molar-refractivity contribution in [2.24, 2.45) is 17.8 Å². The Hall–Kier alpha value is -1.46. The monoisotopic (exact) mass is 330 g/mol. The van der Waals surface area contributed by atoms with Gasteiger partial charge < -0.3 is 9.64 Å². The Morgan fingerprint density at radius 3 is 2.79 bits per heavy atom. The van der Waals surface area contributed by atoms with Crippen molar-refractivity contribution in [3.63, 3.8) is 0 Å². The van der Waals surface area contributed by atoms with Gasteiger partial charge in [0.15, 0.2) is 0 Å². The van der Waals surface area contributed by atoms with Gasteiger partial charge in [0.1, 0.15) is 5.82 Å². The molecule has 4 aliphatic rings. The number of carbonyl (C=O) groups excluding carboxylic acids is 1. The highest BCUT2D eigenvalue weighted by Crippen LogP contribution is 2.56. The van der Waals surface area contributed by atoms with Gasteiger partial charge in [-0.3, -0.25) is 9.69 Å². The third kappa shape index (κ3) is 2.21. The van der Waals surface area contributed by atoms with Crippen molar-refractivity contribution in [3.05, 3.63) is 35.6 Å². The summed E-state index contributed by atoms with van der Waals surface area (Å²) in [6, 6.07) is 7.06. The molecule has 2 saturated heterocycles. The molecule has 1 aromatic rings. The van der Waals surface area contributed by atoms with Crippen LogP contribution in [0.5, 0.6) is 0 Å². The smallest absolute Gasteiger partial charge is 0.229 e. The minimum atomic E-state index is -0.222. The molecular weight excluding hydrogens is 307 g/mol. The van der Waals surface area contributed by atoms with Crippen molar-refractivity contribution in [2.45, 2.75) is 31.4 Å². The summed E-state index contributed by atoms with van der Waals surface area (Å²) in [4.78, 5) is 17.0. The van der Waals surface area contributed by atoms with Crippen LogP contribution in [0, 0.1) is 23.6 Å². The van der Waals surface area contributed by atoms with Gasteiger partial charge in [-0.15, -0.1) is 0 Å². The summed E-state index contributed by atoms with van der Waals surface area (Å²) in [6.45, 7) is 3.00. The maximum atomic E-state index is 13.1. The van der Waals surface area contributed by atoms with E-state index in [4.69, 9.17) is 4.74 Å². The lowest BCUT2D eigenvalue weighted by Gasteiger charge is -2.51. The van der Waals surface area contributed by atoms with Crippen LogP contribution in [0.25, 0.3) is 0 Å². The summed E-state index contributed by atoms with van der Waals surface area (Å²) < 4.78 is 19.0. The second kappa shape index (κ2) is 5.53. The van der Waals surface area contributed by atoms with Crippen LogP contribution in [0.2, 0.25) is 0 Å². The largest absolute Gasteiger partial charge is 0.371 e. The molecule has 5 atom stereocenters. The van der Waals surface area contributed by atoms with Gasteiger partial charge in [-0.1, -0.05) is 12.1 Å². The quantitative estimate of drug-likeness (QED) is 0.798. The van der Waals surface area contributed by atoms with Crippen LogP contribution in [0.15, 0.2) is 24.3 Å². The lowest BCUT2D eigenvalue weighted by molar-refractivity contribution is -0.168. The molecule has 5 unspecified atom stereocenters. The molecule has 1 amide bonds. The second-order valence-electron chi connectivity index (χ2n) is 7.79. The van der Waals surface area contributed by atoms with Crippen molar-refractivity contribution in [1.82, 2.24) is 9.80 Å². The first-order chi connectivity index (χ1) is 11.7. The zero-order chi connectivity index (χ0) is 16.3. The van der Waals surface area contributed by atoms with Gasteiger partial charge in [0.2, 0.25) is 5.91 Å². The molecule has 2 bridgehead atoms. The predicted octanol–water partition coefficient (Wildman–Crippen LogP) is 2.41. The maximum absolute atomic E-state index is 13.1. The molecular formula is C19H23FN2O2. The van der Waals surface area contributed by atoms with Gasteiger partial charge in [-0.05, 0) is 48.8 Å². The van der Waals surface area contributed by atoms with Crippen LogP contribution in [-0.2, 0) is 9.53 Å². The van der Waals surface area contributed by atoms with E-state index in [0.29, 0.717) is 30.4 Å². The summed E-state index contributed by atoms with van der Waals surface area (Å²) >= 11 is 0. The van der Waals surface area contributed by atoms with E-state index in [0.717, 1.165) is 31.2 Å². The molecule has 4 fully saturated rings. The highest BCUT2D eigenvalue weighted by atomic mass is 19.1. The number of hydrogen-bond donors (Lipinski definition) is 0. The van der Waals surface area contributed by atoms with Gasteiger partial charge in [-0.2, -0.15) is 0 Å². The number of hydrogen-bond acceptors (Lipinski definition) is 3. The molecule has 2 saturated carbocycles. The molecule has 5 heteroatoms. The second-order valence-corrected chi connectivity index (χ2v) is 7.79. The number of β-lactam (4-membered cyclic amide) rings is 1. The van der Waals surface area contributed by atoms with E-state index in [-0.39, 0.29) is 11.9 Å². The number of benzene rings is 1. The fraction of sp³-hybridized carbons (Fsp3) is 0.632. The molecule has 0 radical (unpaired) electrons. The van der Waals surface area contributed by atoms with Gasteiger partial charge in [0.05, 0.1) is 25.3 Å². The minimum absolute atomic E-state index is 0.0356. The van der Waals surface area contributed by atoms with E-state index in [1.54, 1.807) is 12.1 Å². The Balaban J connectivity index is 1.25. The first-order valence-corrected chi connectivity index (χ1v) is 9.10. The summed E-state index contributed by atoms with van der Waals surface area (Å²) in [6.07, 6.45) is 3.79. The Morgan fingerprint density at radius 1 is 1.17 bits per heavy atom. The summed E-state index contributed by atoms with van der Waals surface area (Å²) in [5, 5.41) is 0. The van der Waals surface area contributed by atoms with Crippen molar-refractivity contribution >= 4 is 5.91 Å². The zero-order valence-corrected chi connectivity index (χ0v) is 13.7. The topological polar surface area (TPSA) is 32.8 Å². The number of carbonyl (C=O) groups is 1. The minimum Gasteiger partial charge on any atom is -0.371 e. The molecule has 128 valence electrons. The molecule has 24 heavy (non-hydrogen) atoms. The van der Waals surface area contributed by atoms with Gasteiger partial charge in [0.25, 0.3) is 0 Å². The highest BCUT2D eigenvalue weighted by molar-refractivity contribution is 5.87. The Morgan fingerprint density at radius 2 is 1.96 bits per heavy atom. The van der Waals surface area contributed by atoms with Crippen molar-refractivity contribution in [3.8, 4) is 0 Å². The number of amides is 1. The van der Waals surface area contributed by atoms with Crippen LogP contribution >= 0.6 is 0 Å². The molecule has 1 aromatic carbocycles. The number of likely N-dealkylation sites (tertiary alicyclic amines) is 1. The Labute approximate surface area is 141 Å². The van der Waals surface area contributed by atoms with E-state index < -0.39 is 0 Å². The summed E-state index contributed by atoms with van der Waals surface area (Å²) in [5.41, 5.74) is 1.01. The molecule has 0 N–H and O–H groups in total. The average Bonchev–Trinajstić information content (AvgIpc) is 3.19. The lowest BCUT2D eigenvalue weighted by atomic mass is 9.76. The van der Waals surface area contributed by atoms with Crippen LogP contribution in [0.1, 0.15) is 30.9 Å². The third-order valence-corrected chi connectivity index (χ3v) is 6.55. The van der Waals surface area contributed by atoms with E-state index in [2.05, 4.69) is 9.80 Å². The first kappa shape index (κ1) is 14.8. The predicted molar refractivity (Wildman–Crippen MR) is 86.5 cm³/mol. The number of halogens is 1. The molecule has 4 nitrogen and oxygen atoms in total. The van der Waals surface area contributed by atoms with Crippen LogP contribution in [0.3, 0.4) is 0 Å². The summed E-state index contributed by atoms with van der Waals surface area (Å²) in [7, 11) is 0. The van der Waals surface area contributed by atoms with Gasteiger partial charge in [0, 0.05) is 19.1 Å². The third-order valence-electron chi connectivity index (χ3n) is 6.55. The number of nitrogens with zero attached hydrogens (tertiary/aromatic N) is 2. The normalized spacial score (nSPS) is 38.3. The molecule has 2 aliphatic carbocycles. The molecule has 0 spiro atoms. The number of ether oxygens (including phenoxy) is 1. The fourth-order valence-corrected chi connectivity index (χ4v) is 5.40.